The second-order valence-corrected chi connectivity index (χ2v) is 8.78. The Labute approximate surface area is 209 Å². The van der Waals surface area contributed by atoms with Gasteiger partial charge in [-0.15, -0.1) is 8.78 Å². The lowest BCUT2D eigenvalue weighted by Gasteiger charge is -2.30. The zero-order valence-electron chi connectivity index (χ0n) is 18.8. The number of halogens is 3. The molecular weight excluding hydrogens is 504 g/mol. The molecule has 186 valence electrons. The third kappa shape index (κ3) is 7.40. The van der Waals surface area contributed by atoms with E-state index in [0.717, 1.165) is 11.8 Å². The van der Waals surface area contributed by atoms with E-state index < -0.39 is 22.7 Å². The molecule has 1 N–H and O–H groups in total. The molecule has 1 unspecified atom stereocenters. The molecule has 0 aliphatic carbocycles. The first-order chi connectivity index (χ1) is 16.6. The molecule has 0 spiro atoms. The largest absolute Gasteiger partial charge is 0.487 e. The third-order valence-corrected chi connectivity index (χ3v) is 5.97. The lowest BCUT2D eigenvalue weighted by Crippen LogP contribution is -2.45. The van der Waals surface area contributed by atoms with Gasteiger partial charge in [-0.3, -0.25) is 14.5 Å². The number of anilines is 1. The van der Waals surface area contributed by atoms with Crippen molar-refractivity contribution in [2.75, 3.05) is 18.5 Å². The molecule has 0 bridgehead atoms. The Kier molecular flexibility index (Phi) is 8.68. The van der Waals surface area contributed by atoms with Gasteiger partial charge in [0, 0.05) is 30.3 Å². The third-order valence-electron chi connectivity index (χ3n) is 4.71. The lowest BCUT2D eigenvalue weighted by atomic mass is 10.2. The van der Waals surface area contributed by atoms with Gasteiger partial charge in [-0.1, -0.05) is 11.8 Å². The molecule has 0 radical (unpaired) electrons. The summed E-state index contributed by atoms with van der Waals surface area (Å²) in [5, 5.41) is 2.30. The van der Waals surface area contributed by atoms with Gasteiger partial charge in [-0.25, -0.2) is 9.79 Å². The van der Waals surface area contributed by atoms with Gasteiger partial charge in [-0.2, -0.15) is 0 Å². The van der Waals surface area contributed by atoms with Crippen LogP contribution in [0.4, 0.5) is 20.2 Å². The monoisotopic (exact) mass is 525 g/mol. The van der Waals surface area contributed by atoms with Crippen LogP contribution in [0.1, 0.15) is 30.6 Å². The maximum absolute atomic E-state index is 12.9. The number of carbonyl (C=O) groups is 3. The van der Waals surface area contributed by atoms with Gasteiger partial charge in [0.2, 0.25) is 11.8 Å². The SMILES string of the molecule is CCOC(=O)c1ccc(NC(=O)C2CC(=O)N(CC)C(=Nc3ccc(OC(F)(F)Cl)cc3)S2)cc1. The minimum atomic E-state index is -3.84. The van der Waals surface area contributed by atoms with E-state index in [4.69, 9.17) is 16.3 Å². The Morgan fingerprint density at radius 3 is 2.40 bits per heavy atom. The molecule has 1 aliphatic rings. The van der Waals surface area contributed by atoms with Crippen molar-refractivity contribution in [2.45, 2.75) is 31.1 Å². The average Bonchev–Trinajstić information content (AvgIpc) is 2.80. The fourth-order valence-electron chi connectivity index (χ4n) is 3.11. The highest BCUT2D eigenvalue weighted by Crippen LogP contribution is 2.31. The predicted octanol–water partition coefficient (Wildman–Crippen LogP) is 5.01. The van der Waals surface area contributed by atoms with Crippen LogP contribution < -0.4 is 10.1 Å². The minimum Gasteiger partial charge on any atom is -0.462 e. The molecule has 0 aromatic heterocycles. The topological polar surface area (TPSA) is 97.3 Å². The summed E-state index contributed by atoms with van der Waals surface area (Å²) >= 11 is 5.88. The summed E-state index contributed by atoms with van der Waals surface area (Å²) in [7, 11) is 0. The van der Waals surface area contributed by atoms with E-state index in [2.05, 4.69) is 15.0 Å². The summed E-state index contributed by atoms with van der Waals surface area (Å²) in [6.45, 7) is 4.08. The number of esters is 1. The van der Waals surface area contributed by atoms with Crippen LogP contribution in [0.2, 0.25) is 0 Å². The van der Waals surface area contributed by atoms with E-state index in [1.54, 1.807) is 26.0 Å². The van der Waals surface area contributed by atoms with E-state index in [-0.39, 0.29) is 24.7 Å². The number of nitrogens with zero attached hydrogens (tertiary/aromatic N) is 2. The van der Waals surface area contributed by atoms with Gasteiger partial charge < -0.3 is 14.8 Å². The molecule has 1 atom stereocenters. The highest BCUT2D eigenvalue weighted by atomic mass is 35.5. The Morgan fingerprint density at radius 1 is 1.17 bits per heavy atom. The van der Waals surface area contributed by atoms with E-state index in [1.165, 1.54) is 41.3 Å². The molecule has 8 nitrogen and oxygen atoms in total. The van der Waals surface area contributed by atoms with Crippen LogP contribution in [0.3, 0.4) is 0 Å². The Morgan fingerprint density at radius 2 is 1.83 bits per heavy atom. The number of hydrogen-bond acceptors (Lipinski definition) is 7. The molecule has 1 aliphatic heterocycles. The number of hydrogen-bond donors (Lipinski definition) is 1. The first-order valence-corrected chi connectivity index (χ1v) is 11.8. The number of alkyl halides is 3. The molecule has 2 aromatic rings. The van der Waals surface area contributed by atoms with Crippen LogP contribution in [-0.2, 0) is 14.3 Å². The maximum atomic E-state index is 12.9. The first-order valence-electron chi connectivity index (χ1n) is 10.6. The number of carbonyl (C=O) groups excluding carboxylic acids is 3. The number of thioether (sulfide) groups is 1. The number of amides is 2. The normalized spacial score (nSPS) is 17.3. The molecule has 1 saturated heterocycles. The molecule has 2 aromatic carbocycles. The van der Waals surface area contributed by atoms with Crippen LogP contribution in [0.25, 0.3) is 0 Å². The molecule has 12 heteroatoms. The van der Waals surface area contributed by atoms with Crippen molar-refractivity contribution >= 4 is 57.7 Å². The van der Waals surface area contributed by atoms with Gasteiger partial charge in [-0.05, 0) is 62.4 Å². The second kappa shape index (κ2) is 11.5. The highest BCUT2D eigenvalue weighted by molar-refractivity contribution is 8.15. The number of rotatable bonds is 8. The van der Waals surface area contributed by atoms with Gasteiger partial charge in [0.1, 0.15) is 11.0 Å². The molecule has 1 heterocycles. The summed E-state index contributed by atoms with van der Waals surface area (Å²) in [5.41, 5.74) is -2.65. The van der Waals surface area contributed by atoms with Crippen LogP contribution in [-0.4, -0.2) is 51.8 Å². The van der Waals surface area contributed by atoms with E-state index >= 15 is 0 Å². The van der Waals surface area contributed by atoms with E-state index in [1.807, 2.05) is 0 Å². The quantitative estimate of drug-likeness (QED) is 0.384. The van der Waals surface area contributed by atoms with Crippen molar-refractivity contribution in [3.8, 4) is 5.75 Å². The minimum absolute atomic E-state index is 0.0259. The average molecular weight is 526 g/mol. The smallest absolute Gasteiger partial charge is 0.462 e. The standard InChI is InChI=1S/C23H22ClF2N3O5S/c1-3-29-19(30)13-18(20(31)27-15-7-5-14(6-8-15)21(32)33-4-2)35-22(29)28-16-9-11-17(12-10-16)34-23(24,25)26/h5-12,18H,3-4,13H2,1-2H3,(H,27,31). The lowest BCUT2D eigenvalue weighted by molar-refractivity contribution is -0.129. The molecule has 1 fully saturated rings. The number of ether oxygens (including phenoxy) is 2. The van der Waals surface area contributed by atoms with Crippen molar-refractivity contribution in [2.24, 2.45) is 4.99 Å². The molecule has 3 rings (SSSR count). The predicted molar refractivity (Wildman–Crippen MR) is 129 cm³/mol. The molecular formula is C23H22ClF2N3O5S. The van der Waals surface area contributed by atoms with Crippen LogP contribution in [0.15, 0.2) is 53.5 Å². The summed E-state index contributed by atoms with van der Waals surface area (Å²) in [5.74, 6) is -1.29. The van der Waals surface area contributed by atoms with Crippen LogP contribution in [0.5, 0.6) is 5.75 Å². The Balaban J connectivity index is 1.72. The van der Waals surface area contributed by atoms with Crippen LogP contribution in [0, 0.1) is 0 Å². The van der Waals surface area contributed by atoms with Crippen LogP contribution >= 0.6 is 23.4 Å². The fraction of sp³-hybridized carbons (Fsp3) is 0.304. The number of amidine groups is 1. The van der Waals surface area contributed by atoms with Crippen molar-refractivity contribution in [1.29, 1.82) is 0 Å². The zero-order chi connectivity index (χ0) is 25.6. The number of aliphatic imine (C=N–C) groups is 1. The van der Waals surface area contributed by atoms with Crippen molar-refractivity contribution < 1.29 is 32.6 Å². The maximum Gasteiger partial charge on any atom is 0.487 e. The summed E-state index contributed by atoms with van der Waals surface area (Å²) in [4.78, 5) is 43.2. The van der Waals surface area contributed by atoms with E-state index in [9.17, 15) is 23.2 Å². The highest BCUT2D eigenvalue weighted by Gasteiger charge is 2.35. The number of benzene rings is 2. The van der Waals surface area contributed by atoms with Gasteiger partial charge in [0.15, 0.2) is 5.17 Å². The van der Waals surface area contributed by atoms with Gasteiger partial charge in [0.05, 0.1) is 17.9 Å². The zero-order valence-corrected chi connectivity index (χ0v) is 20.4. The fourth-order valence-corrected chi connectivity index (χ4v) is 4.36. The van der Waals surface area contributed by atoms with Gasteiger partial charge >= 0.3 is 11.5 Å². The van der Waals surface area contributed by atoms with E-state index in [0.29, 0.717) is 28.7 Å². The van der Waals surface area contributed by atoms with Crippen molar-refractivity contribution in [3.63, 3.8) is 0 Å². The van der Waals surface area contributed by atoms with Crippen molar-refractivity contribution in [1.82, 2.24) is 4.90 Å². The van der Waals surface area contributed by atoms with Gasteiger partial charge in [0.25, 0.3) is 0 Å². The van der Waals surface area contributed by atoms with Crippen molar-refractivity contribution in [3.05, 3.63) is 54.1 Å². The molecule has 2 amide bonds. The molecule has 35 heavy (non-hydrogen) atoms. The summed E-state index contributed by atoms with van der Waals surface area (Å²) in [6, 6.07) is 11.6. The Hall–Kier alpha value is -3.18. The summed E-state index contributed by atoms with van der Waals surface area (Å²) in [6.07, 6.45) is -0.0259. The Bertz CT molecular complexity index is 1110. The summed E-state index contributed by atoms with van der Waals surface area (Å²) < 4.78 is 34.8. The second-order valence-electron chi connectivity index (χ2n) is 7.17. The first kappa shape index (κ1) is 26.4. The number of nitrogens with one attached hydrogen (secondary N) is 1. The molecule has 0 saturated carbocycles.